The Kier molecular flexibility index (Phi) is 5.63. The van der Waals surface area contributed by atoms with Gasteiger partial charge in [-0.15, -0.1) is 0 Å². The van der Waals surface area contributed by atoms with E-state index in [1.807, 2.05) is 32.9 Å². The number of likely N-dealkylation sites (tertiary alicyclic amines) is 1. The number of fused-ring (bicyclic) bond motifs is 1. The SMILES string of the molecule is COC(=O)CC1CN(C2CCN(C(=O)OC(C)(C)C)CC2)c2ccccc21. The molecule has 0 spiro atoms. The van der Waals surface area contributed by atoms with E-state index in [-0.39, 0.29) is 18.0 Å². The van der Waals surface area contributed by atoms with Gasteiger partial charge in [0.2, 0.25) is 0 Å². The minimum absolute atomic E-state index is 0.164. The zero-order chi connectivity index (χ0) is 19.6. The third-order valence-electron chi connectivity index (χ3n) is 5.30. The Morgan fingerprint density at radius 2 is 1.81 bits per heavy atom. The molecule has 6 heteroatoms. The van der Waals surface area contributed by atoms with Crippen LogP contribution in [0.25, 0.3) is 0 Å². The fourth-order valence-corrected chi connectivity index (χ4v) is 4.02. The Morgan fingerprint density at radius 3 is 2.44 bits per heavy atom. The number of para-hydroxylation sites is 1. The van der Waals surface area contributed by atoms with E-state index in [0.29, 0.717) is 25.6 Å². The summed E-state index contributed by atoms with van der Waals surface area (Å²) in [4.78, 5) is 28.3. The summed E-state index contributed by atoms with van der Waals surface area (Å²) in [6.45, 7) is 7.88. The van der Waals surface area contributed by atoms with Gasteiger partial charge in [-0.3, -0.25) is 4.79 Å². The number of methoxy groups -OCH3 is 1. The lowest BCUT2D eigenvalue weighted by molar-refractivity contribution is -0.141. The number of esters is 1. The summed E-state index contributed by atoms with van der Waals surface area (Å²) in [5, 5.41) is 0. The Hall–Kier alpha value is -2.24. The third-order valence-corrected chi connectivity index (χ3v) is 5.30. The molecule has 27 heavy (non-hydrogen) atoms. The number of piperidine rings is 1. The fraction of sp³-hybridized carbons (Fsp3) is 0.619. The molecular formula is C21H30N2O4. The summed E-state index contributed by atoms with van der Waals surface area (Å²) in [5.74, 6) is -0.00562. The molecule has 1 saturated heterocycles. The minimum Gasteiger partial charge on any atom is -0.469 e. The van der Waals surface area contributed by atoms with E-state index in [1.54, 1.807) is 4.90 Å². The zero-order valence-corrected chi connectivity index (χ0v) is 16.7. The Labute approximate surface area is 161 Å². The highest BCUT2D eigenvalue weighted by Gasteiger charge is 2.36. The lowest BCUT2D eigenvalue weighted by atomic mass is 9.98. The van der Waals surface area contributed by atoms with Gasteiger partial charge in [0.05, 0.1) is 13.5 Å². The molecule has 0 aromatic heterocycles. The quantitative estimate of drug-likeness (QED) is 0.757. The predicted octanol–water partition coefficient (Wildman–Crippen LogP) is 3.55. The summed E-state index contributed by atoms with van der Waals surface area (Å²) >= 11 is 0. The van der Waals surface area contributed by atoms with Crippen LogP contribution >= 0.6 is 0 Å². The van der Waals surface area contributed by atoms with E-state index in [2.05, 4.69) is 17.0 Å². The molecule has 6 nitrogen and oxygen atoms in total. The molecule has 1 amide bonds. The molecule has 148 valence electrons. The summed E-state index contributed by atoms with van der Waals surface area (Å²) < 4.78 is 10.4. The van der Waals surface area contributed by atoms with E-state index in [1.165, 1.54) is 18.4 Å². The highest BCUT2D eigenvalue weighted by atomic mass is 16.6. The lowest BCUT2D eigenvalue weighted by Crippen LogP contribution is -2.47. The van der Waals surface area contributed by atoms with Crippen molar-refractivity contribution in [2.75, 3.05) is 31.6 Å². The zero-order valence-electron chi connectivity index (χ0n) is 16.7. The van der Waals surface area contributed by atoms with Crippen molar-refractivity contribution in [3.05, 3.63) is 29.8 Å². The maximum atomic E-state index is 12.3. The van der Waals surface area contributed by atoms with Gasteiger partial charge in [0.15, 0.2) is 0 Å². The van der Waals surface area contributed by atoms with Gasteiger partial charge < -0.3 is 19.3 Å². The van der Waals surface area contributed by atoms with Crippen molar-refractivity contribution < 1.29 is 19.1 Å². The second-order valence-corrected chi connectivity index (χ2v) is 8.39. The number of benzene rings is 1. The van der Waals surface area contributed by atoms with Crippen molar-refractivity contribution in [3.8, 4) is 0 Å². The van der Waals surface area contributed by atoms with Crippen LogP contribution in [-0.2, 0) is 14.3 Å². The van der Waals surface area contributed by atoms with Crippen molar-refractivity contribution in [2.45, 2.75) is 57.6 Å². The van der Waals surface area contributed by atoms with E-state index in [0.717, 1.165) is 19.4 Å². The summed E-state index contributed by atoms with van der Waals surface area (Å²) in [5.41, 5.74) is 1.96. The van der Waals surface area contributed by atoms with Crippen LogP contribution in [0.3, 0.4) is 0 Å². The van der Waals surface area contributed by atoms with Crippen LogP contribution < -0.4 is 4.90 Å². The van der Waals surface area contributed by atoms with Crippen LogP contribution in [0, 0.1) is 0 Å². The molecule has 0 aliphatic carbocycles. The second kappa shape index (κ2) is 7.79. The van der Waals surface area contributed by atoms with Crippen LogP contribution in [0.4, 0.5) is 10.5 Å². The molecule has 1 atom stereocenters. The predicted molar refractivity (Wildman–Crippen MR) is 104 cm³/mol. The number of rotatable bonds is 3. The van der Waals surface area contributed by atoms with Gasteiger partial charge in [0.25, 0.3) is 0 Å². The Morgan fingerprint density at radius 1 is 1.15 bits per heavy atom. The molecule has 2 heterocycles. The van der Waals surface area contributed by atoms with Crippen LogP contribution in [-0.4, -0.2) is 55.3 Å². The summed E-state index contributed by atoms with van der Waals surface area (Å²) in [7, 11) is 1.44. The number of hydrogen-bond donors (Lipinski definition) is 0. The first-order chi connectivity index (χ1) is 12.8. The Balaban J connectivity index is 1.65. The smallest absolute Gasteiger partial charge is 0.410 e. The molecular weight excluding hydrogens is 344 g/mol. The Bertz CT molecular complexity index is 690. The standard InChI is InChI=1S/C21H30N2O4/c1-21(2,3)27-20(25)22-11-9-16(10-12-22)23-14-15(13-19(24)26-4)17-7-5-6-8-18(17)23/h5-8,15-16H,9-14H2,1-4H3. The fourth-order valence-electron chi connectivity index (χ4n) is 4.02. The third kappa shape index (κ3) is 4.54. The molecule has 0 radical (unpaired) electrons. The van der Waals surface area contributed by atoms with E-state index >= 15 is 0 Å². The van der Waals surface area contributed by atoms with Crippen LogP contribution in [0.1, 0.15) is 51.5 Å². The molecule has 2 aliphatic rings. The number of nitrogens with zero attached hydrogens (tertiary/aromatic N) is 2. The molecule has 0 saturated carbocycles. The second-order valence-electron chi connectivity index (χ2n) is 8.39. The first-order valence-electron chi connectivity index (χ1n) is 9.69. The number of ether oxygens (including phenoxy) is 2. The van der Waals surface area contributed by atoms with Gasteiger partial charge in [0.1, 0.15) is 5.60 Å². The van der Waals surface area contributed by atoms with Gasteiger partial charge >= 0.3 is 12.1 Å². The molecule has 1 unspecified atom stereocenters. The number of carbonyl (C=O) groups is 2. The number of amides is 1. The molecule has 3 rings (SSSR count). The highest BCUT2D eigenvalue weighted by molar-refractivity contribution is 5.73. The average Bonchev–Trinajstić information content (AvgIpc) is 2.99. The van der Waals surface area contributed by atoms with Gasteiger partial charge in [-0.2, -0.15) is 0 Å². The van der Waals surface area contributed by atoms with Gasteiger partial charge in [0, 0.05) is 37.3 Å². The molecule has 1 aromatic rings. The number of hydrogen-bond acceptors (Lipinski definition) is 5. The van der Waals surface area contributed by atoms with Crippen molar-refractivity contribution in [3.63, 3.8) is 0 Å². The lowest BCUT2D eigenvalue weighted by Gasteiger charge is -2.38. The molecule has 1 aromatic carbocycles. The molecule has 2 aliphatic heterocycles. The molecule has 0 bridgehead atoms. The topological polar surface area (TPSA) is 59.1 Å². The largest absolute Gasteiger partial charge is 0.469 e. The highest BCUT2D eigenvalue weighted by Crippen LogP contribution is 2.40. The van der Waals surface area contributed by atoms with Crippen LogP contribution in [0.15, 0.2) is 24.3 Å². The van der Waals surface area contributed by atoms with Gasteiger partial charge in [-0.25, -0.2) is 4.79 Å². The van der Waals surface area contributed by atoms with Crippen molar-refractivity contribution in [1.82, 2.24) is 4.90 Å². The van der Waals surface area contributed by atoms with E-state index < -0.39 is 5.60 Å². The van der Waals surface area contributed by atoms with Gasteiger partial charge in [-0.1, -0.05) is 18.2 Å². The first kappa shape index (κ1) is 19.5. The number of anilines is 1. The number of carbonyl (C=O) groups excluding carboxylic acids is 2. The molecule has 0 N–H and O–H groups in total. The average molecular weight is 374 g/mol. The summed E-state index contributed by atoms with van der Waals surface area (Å²) in [6, 6.07) is 8.68. The normalized spacial score (nSPS) is 20.4. The van der Waals surface area contributed by atoms with Crippen LogP contribution in [0.2, 0.25) is 0 Å². The van der Waals surface area contributed by atoms with E-state index in [4.69, 9.17) is 9.47 Å². The van der Waals surface area contributed by atoms with Gasteiger partial charge in [-0.05, 0) is 45.2 Å². The summed E-state index contributed by atoms with van der Waals surface area (Å²) in [6.07, 6.45) is 1.98. The van der Waals surface area contributed by atoms with Crippen molar-refractivity contribution in [2.24, 2.45) is 0 Å². The minimum atomic E-state index is -0.469. The maximum Gasteiger partial charge on any atom is 0.410 e. The van der Waals surface area contributed by atoms with E-state index in [9.17, 15) is 9.59 Å². The van der Waals surface area contributed by atoms with Crippen molar-refractivity contribution >= 4 is 17.7 Å². The monoisotopic (exact) mass is 374 g/mol. The van der Waals surface area contributed by atoms with Crippen LogP contribution in [0.5, 0.6) is 0 Å². The van der Waals surface area contributed by atoms with Crippen molar-refractivity contribution in [1.29, 1.82) is 0 Å². The maximum absolute atomic E-state index is 12.3. The first-order valence-corrected chi connectivity index (χ1v) is 9.69. The molecule has 1 fully saturated rings.